The third-order valence-electron chi connectivity index (χ3n) is 4.40. The van der Waals surface area contributed by atoms with Crippen molar-refractivity contribution in [3.05, 3.63) is 36.3 Å². The number of amides is 1. The minimum atomic E-state index is -0.255. The van der Waals surface area contributed by atoms with Gasteiger partial charge in [-0.25, -0.2) is 0 Å². The molecule has 2 atom stereocenters. The fraction of sp³-hybridized carbons (Fsp3) is 0.471. The molecular weight excluding hydrogens is 294 g/mol. The largest absolute Gasteiger partial charge is 0.396 e. The van der Waals surface area contributed by atoms with Gasteiger partial charge in [0, 0.05) is 42.6 Å². The van der Waals surface area contributed by atoms with Crippen LogP contribution in [0, 0.1) is 5.92 Å². The van der Waals surface area contributed by atoms with Crippen LogP contribution in [0.2, 0.25) is 0 Å². The molecule has 3 rings (SSSR count). The Bertz CT molecular complexity index is 642. The summed E-state index contributed by atoms with van der Waals surface area (Å²) in [6, 6.07) is 5.27. The molecule has 0 spiro atoms. The Balaban J connectivity index is 1.69. The van der Waals surface area contributed by atoms with Gasteiger partial charge in [0.05, 0.1) is 0 Å². The lowest BCUT2D eigenvalue weighted by Crippen LogP contribution is -2.41. The Labute approximate surface area is 134 Å². The van der Waals surface area contributed by atoms with E-state index in [4.69, 9.17) is 4.52 Å². The standard InChI is InChI=1S/C17H21N3O3/c21-11-13-5-2-1-3-7-14(13)19-17(22)15-9-16(23-20-15)12-6-4-8-18-10-12/h4,6,8-10,13-14,21H,1-3,5,7,11H2,(H,19,22). The highest BCUT2D eigenvalue weighted by Gasteiger charge is 2.26. The molecule has 2 aromatic rings. The number of pyridine rings is 1. The van der Waals surface area contributed by atoms with Crippen LogP contribution < -0.4 is 5.32 Å². The first-order valence-corrected chi connectivity index (χ1v) is 8.07. The minimum Gasteiger partial charge on any atom is -0.396 e. The normalized spacial score (nSPS) is 21.6. The zero-order chi connectivity index (χ0) is 16.1. The topological polar surface area (TPSA) is 88.2 Å². The molecule has 0 saturated heterocycles. The highest BCUT2D eigenvalue weighted by molar-refractivity contribution is 5.93. The van der Waals surface area contributed by atoms with E-state index < -0.39 is 0 Å². The molecular formula is C17H21N3O3. The third-order valence-corrected chi connectivity index (χ3v) is 4.40. The molecule has 0 aliphatic heterocycles. The van der Waals surface area contributed by atoms with Crippen LogP contribution in [-0.2, 0) is 0 Å². The first-order valence-electron chi connectivity index (χ1n) is 8.07. The molecule has 6 heteroatoms. The van der Waals surface area contributed by atoms with E-state index in [0.29, 0.717) is 5.76 Å². The molecule has 2 unspecified atom stereocenters. The number of carbonyl (C=O) groups excluding carboxylic acids is 1. The highest BCUT2D eigenvalue weighted by atomic mass is 16.5. The lowest BCUT2D eigenvalue weighted by Gasteiger charge is -2.23. The van der Waals surface area contributed by atoms with Crippen molar-refractivity contribution in [2.75, 3.05) is 6.61 Å². The quantitative estimate of drug-likeness (QED) is 0.846. The molecule has 0 radical (unpaired) electrons. The fourth-order valence-corrected chi connectivity index (χ4v) is 3.06. The zero-order valence-corrected chi connectivity index (χ0v) is 12.9. The van der Waals surface area contributed by atoms with Crippen molar-refractivity contribution in [3.63, 3.8) is 0 Å². The monoisotopic (exact) mass is 315 g/mol. The van der Waals surface area contributed by atoms with Gasteiger partial charge in [-0.05, 0) is 25.0 Å². The summed E-state index contributed by atoms with van der Waals surface area (Å²) in [4.78, 5) is 16.4. The Morgan fingerprint density at radius 3 is 3.00 bits per heavy atom. The number of hydrogen-bond acceptors (Lipinski definition) is 5. The van der Waals surface area contributed by atoms with Crippen LogP contribution in [0.5, 0.6) is 0 Å². The molecule has 2 N–H and O–H groups in total. The number of aromatic nitrogens is 2. The highest BCUT2D eigenvalue weighted by Crippen LogP contribution is 2.24. The minimum absolute atomic E-state index is 0.00598. The van der Waals surface area contributed by atoms with Gasteiger partial charge in [0.15, 0.2) is 11.5 Å². The molecule has 23 heavy (non-hydrogen) atoms. The average molecular weight is 315 g/mol. The van der Waals surface area contributed by atoms with Crippen molar-refractivity contribution < 1.29 is 14.4 Å². The second kappa shape index (κ2) is 7.37. The van der Waals surface area contributed by atoms with Crippen molar-refractivity contribution in [1.82, 2.24) is 15.5 Å². The maximum atomic E-state index is 12.4. The summed E-state index contributed by atoms with van der Waals surface area (Å²) in [6.45, 7) is 0.102. The fourth-order valence-electron chi connectivity index (χ4n) is 3.06. The van der Waals surface area contributed by atoms with Gasteiger partial charge in [-0.3, -0.25) is 9.78 Å². The Kier molecular flexibility index (Phi) is 5.02. The summed E-state index contributed by atoms with van der Waals surface area (Å²) in [5, 5.41) is 16.4. The predicted molar refractivity (Wildman–Crippen MR) is 84.6 cm³/mol. The Hall–Kier alpha value is -2.21. The van der Waals surface area contributed by atoms with Gasteiger partial charge in [0.25, 0.3) is 5.91 Å². The summed E-state index contributed by atoms with van der Waals surface area (Å²) < 4.78 is 5.24. The van der Waals surface area contributed by atoms with Gasteiger partial charge >= 0.3 is 0 Å². The van der Waals surface area contributed by atoms with E-state index in [1.807, 2.05) is 6.07 Å². The lowest BCUT2D eigenvalue weighted by atomic mass is 9.95. The smallest absolute Gasteiger partial charge is 0.273 e. The van der Waals surface area contributed by atoms with Crippen LogP contribution in [-0.4, -0.2) is 33.8 Å². The first kappa shape index (κ1) is 15.7. The van der Waals surface area contributed by atoms with Gasteiger partial charge in [-0.1, -0.05) is 24.4 Å². The maximum absolute atomic E-state index is 12.4. The number of aliphatic hydroxyl groups excluding tert-OH is 1. The molecule has 122 valence electrons. The second-order valence-corrected chi connectivity index (χ2v) is 5.98. The van der Waals surface area contributed by atoms with Crippen LogP contribution in [0.4, 0.5) is 0 Å². The van der Waals surface area contributed by atoms with Crippen LogP contribution in [0.25, 0.3) is 11.3 Å². The number of nitrogens with zero attached hydrogens (tertiary/aromatic N) is 2. The summed E-state index contributed by atoms with van der Waals surface area (Å²) in [5.41, 5.74) is 1.03. The number of aliphatic hydroxyl groups is 1. The van der Waals surface area contributed by atoms with Crippen LogP contribution >= 0.6 is 0 Å². The number of rotatable bonds is 4. The molecule has 1 fully saturated rings. The average Bonchev–Trinajstić information content (AvgIpc) is 2.98. The zero-order valence-electron chi connectivity index (χ0n) is 12.9. The van der Waals surface area contributed by atoms with Gasteiger partial charge in [0.2, 0.25) is 0 Å². The predicted octanol–water partition coefficient (Wildman–Crippen LogP) is 2.41. The van der Waals surface area contributed by atoms with Crippen LogP contribution in [0.15, 0.2) is 35.1 Å². The van der Waals surface area contributed by atoms with Gasteiger partial charge in [-0.15, -0.1) is 0 Å². The second-order valence-electron chi connectivity index (χ2n) is 5.98. The van der Waals surface area contributed by atoms with Gasteiger partial charge in [-0.2, -0.15) is 0 Å². The molecule has 0 bridgehead atoms. The molecule has 1 aliphatic rings. The third kappa shape index (κ3) is 3.76. The summed E-state index contributed by atoms with van der Waals surface area (Å²) in [5.74, 6) is 0.378. The Morgan fingerprint density at radius 1 is 1.35 bits per heavy atom. The van der Waals surface area contributed by atoms with Crippen molar-refractivity contribution in [3.8, 4) is 11.3 Å². The molecule has 1 saturated carbocycles. The van der Waals surface area contributed by atoms with E-state index in [0.717, 1.165) is 37.7 Å². The maximum Gasteiger partial charge on any atom is 0.273 e. The van der Waals surface area contributed by atoms with E-state index in [1.165, 1.54) is 0 Å². The van der Waals surface area contributed by atoms with Gasteiger partial charge < -0.3 is 14.9 Å². The summed E-state index contributed by atoms with van der Waals surface area (Å²) in [6.07, 6.45) is 8.50. The van der Waals surface area contributed by atoms with Crippen LogP contribution in [0.1, 0.15) is 42.6 Å². The Morgan fingerprint density at radius 2 is 2.22 bits per heavy atom. The molecule has 2 aromatic heterocycles. The summed E-state index contributed by atoms with van der Waals surface area (Å²) >= 11 is 0. The van der Waals surface area contributed by atoms with Gasteiger partial charge in [0.1, 0.15) is 0 Å². The van der Waals surface area contributed by atoms with E-state index in [-0.39, 0.29) is 30.2 Å². The van der Waals surface area contributed by atoms with E-state index in [1.54, 1.807) is 24.5 Å². The van der Waals surface area contributed by atoms with Crippen molar-refractivity contribution in [2.45, 2.75) is 38.1 Å². The van der Waals surface area contributed by atoms with Crippen molar-refractivity contribution >= 4 is 5.91 Å². The van der Waals surface area contributed by atoms with E-state index in [9.17, 15) is 9.90 Å². The van der Waals surface area contributed by atoms with Crippen molar-refractivity contribution in [1.29, 1.82) is 0 Å². The number of carbonyl (C=O) groups is 1. The van der Waals surface area contributed by atoms with Crippen molar-refractivity contribution in [2.24, 2.45) is 5.92 Å². The number of hydrogen-bond donors (Lipinski definition) is 2. The first-order chi connectivity index (χ1) is 11.3. The lowest BCUT2D eigenvalue weighted by molar-refractivity contribution is 0.0890. The van der Waals surface area contributed by atoms with E-state index >= 15 is 0 Å². The molecule has 1 amide bonds. The SMILES string of the molecule is O=C(NC1CCCCCC1CO)c1cc(-c2cccnc2)on1. The summed E-state index contributed by atoms with van der Waals surface area (Å²) in [7, 11) is 0. The van der Waals surface area contributed by atoms with E-state index in [2.05, 4.69) is 15.5 Å². The molecule has 0 aromatic carbocycles. The van der Waals surface area contributed by atoms with Crippen LogP contribution in [0.3, 0.4) is 0 Å². The molecule has 6 nitrogen and oxygen atoms in total. The number of nitrogens with one attached hydrogen (secondary N) is 1. The molecule has 2 heterocycles. The molecule has 1 aliphatic carbocycles.